The van der Waals surface area contributed by atoms with Gasteiger partial charge >= 0.3 is 5.97 Å². The first kappa shape index (κ1) is 17.4. The fourth-order valence-corrected chi connectivity index (χ4v) is 2.91. The summed E-state index contributed by atoms with van der Waals surface area (Å²) in [7, 11) is 1.59. The summed E-state index contributed by atoms with van der Waals surface area (Å²) in [5.41, 5.74) is 0.893. The third kappa shape index (κ3) is 4.37. The number of ether oxygens (including phenoxy) is 2. The van der Waals surface area contributed by atoms with Gasteiger partial charge in [-0.1, -0.05) is 0 Å². The highest BCUT2D eigenvalue weighted by atomic mass is 16.5. The minimum absolute atomic E-state index is 0.184. The van der Waals surface area contributed by atoms with Crippen molar-refractivity contribution in [2.45, 2.75) is 6.42 Å². The summed E-state index contributed by atoms with van der Waals surface area (Å²) < 4.78 is 10.5. The lowest BCUT2D eigenvalue weighted by molar-refractivity contribution is 0.0378. The highest BCUT2D eigenvalue weighted by Gasteiger charge is 2.14. The molecular weight excluding hydrogens is 322 g/mol. The molecule has 3 rings (SSSR count). The molecule has 0 amide bonds. The average molecular weight is 345 g/mol. The van der Waals surface area contributed by atoms with Crippen LogP contribution in [-0.4, -0.2) is 67.5 Å². The summed E-state index contributed by atoms with van der Waals surface area (Å²) in [4.78, 5) is 18.4. The summed E-state index contributed by atoms with van der Waals surface area (Å²) in [6.07, 6.45) is 0.914. The Kier molecular flexibility index (Phi) is 5.67. The van der Waals surface area contributed by atoms with Gasteiger partial charge in [0, 0.05) is 31.1 Å². The lowest BCUT2D eigenvalue weighted by atomic mass is 10.1. The topological polar surface area (TPSA) is 83.9 Å². The van der Waals surface area contributed by atoms with Gasteiger partial charge in [0.25, 0.3) is 0 Å². The van der Waals surface area contributed by atoms with Crippen LogP contribution in [0.4, 0.5) is 5.82 Å². The number of nitrogens with one attached hydrogen (secondary N) is 1. The molecule has 1 aliphatic rings. The largest absolute Gasteiger partial charge is 0.497 e. The van der Waals surface area contributed by atoms with Crippen LogP contribution in [0.15, 0.2) is 24.3 Å². The van der Waals surface area contributed by atoms with Crippen LogP contribution in [-0.2, 0) is 4.74 Å². The van der Waals surface area contributed by atoms with E-state index < -0.39 is 5.97 Å². The molecule has 0 radical (unpaired) electrons. The van der Waals surface area contributed by atoms with Crippen molar-refractivity contribution >= 4 is 22.7 Å². The molecule has 7 heteroatoms. The normalized spacial score (nSPS) is 15.2. The lowest BCUT2D eigenvalue weighted by Gasteiger charge is -2.26. The van der Waals surface area contributed by atoms with E-state index in [1.807, 2.05) is 6.07 Å². The standard InChI is InChI=1S/C18H23N3O4/c1-24-14-4-3-13-11-15(18(22)23)17(20-16(13)12-14)19-5-2-6-21-7-9-25-10-8-21/h3-4,11-12H,2,5-10H2,1H3,(H,19,20)(H,22,23). The zero-order valence-electron chi connectivity index (χ0n) is 14.3. The molecule has 1 aromatic carbocycles. The Morgan fingerprint density at radius 2 is 2.16 bits per heavy atom. The third-order valence-corrected chi connectivity index (χ3v) is 4.30. The third-order valence-electron chi connectivity index (χ3n) is 4.30. The summed E-state index contributed by atoms with van der Waals surface area (Å²) in [6.45, 7) is 5.10. The number of aromatic nitrogens is 1. The number of carboxylic acids is 1. The molecule has 0 bridgehead atoms. The Bertz CT molecular complexity index is 744. The van der Waals surface area contributed by atoms with E-state index in [9.17, 15) is 9.90 Å². The molecular formula is C18H23N3O4. The van der Waals surface area contributed by atoms with Gasteiger partial charge in [-0.05, 0) is 31.2 Å². The summed E-state index contributed by atoms with van der Waals surface area (Å²) >= 11 is 0. The Morgan fingerprint density at radius 1 is 1.36 bits per heavy atom. The molecule has 0 unspecified atom stereocenters. The van der Waals surface area contributed by atoms with Gasteiger partial charge in [0.2, 0.25) is 0 Å². The molecule has 1 saturated heterocycles. The highest BCUT2D eigenvalue weighted by Crippen LogP contribution is 2.24. The van der Waals surface area contributed by atoms with Crippen LogP contribution in [0, 0.1) is 0 Å². The van der Waals surface area contributed by atoms with E-state index in [-0.39, 0.29) is 5.56 Å². The van der Waals surface area contributed by atoms with Crippen molar-refractivity contribution < 1.29 is 19.4 Å². The van der Waals surface area contributed by atoms with Crippen LogP contribution in [0.1, 0.15) is 16.8 Å². The number of rotatable bonds is 7. The molecule has 7 nitrogen and oxygen atoms in total. The molecule has 2 heterocycles. The first-order valence-electron chi connectivity index (χ1n) is 8.43. The fourth-order valence-electron chi connectivity index (χ4n) is 2.91. The Labute approximate surface area is 146 Å². The molecule has 1 aromatic heterocycles. The van der Waals surface area contributed by atoms with Crippen molar-refractivity contribution in [2.75, 3.05) is 51.8 Å². The van der Waals surface area contributed by atoms with Crippen molar-refractivity contribution in [3.05, 3.63) is 29.8 Å². The lowest BCUT2D eigenvalue weighted by Crippen LogP contribution is -2.37. The zero-order valence-corrected chi connectivity index (χ0v) is 14.3. The number of pyridine rings is 1. The van der Waals surface area contributed by atoms with E-state index in [4.69, 9.17) is 9.47 Å². The molecule has 134 valence electrons. The Balaban J connectivity index is 1.69. The van der Waals surface area contributed by atoms with E-state index in [0.29, 0.717) is 23.6 Å². The summed E-state index contributed by atoms with van der Waals surface area (Å²) in [6, 6.07) is 7.06. The van der Waals surface area contributed by atoms with Crippen molar-refractivity contribution in [1.82, 2.24) is 9.88 Å². The minimum atomic E-state index is -0.985. The number of benzene rings is 1. The van der Waals surface area contributed by atoms with E-state index >= 15 is 0 Å². The summed E-state index contributed by atoms with van der Waals surface area (Å²) in [5.74, 6) is 0.109. The fraction of sp³-hybridized carbons (Fsp3) is 0.444. The van der Waals surface area contributed by atoms with Gasteiger partial charge in [-0.2, -0.15) is 0 Å². The van der Waals surface area contributed by atoms with Gasteiger partial charge < -0.3 is 19.9 Å². The van der Waals surface area contributed by atoms with Gasteiger partial charge in [0.05, 0.1) is 25.8 Å². The predicted molar refractivity (Wildman–Crippen MR) is 95.6 cm³/mol. The number of methoxy groups -OCH3 is 1. The maximum Gasteiger partial charge on any atom is 0.339 e. The van der Waals surface area contributed by atoms with Crippen LogP contribution in [0.2, 0.25) is 0 Å². The second-order valence-electron chi connectivity index (χ2n) is 5.98. The van der Waals surface area contributed by atoms with Crippen LogP contribution in [0.25, 0.3) is 10.9 Å². The smallest absolute Gasteiger partial charge is 0.339 e. The van der Waals surface area contributed by atoms with Gasteiger partial charge in [-0.3, -0.25) is 4.90 Å². The number of fused-ring (bicyclic) bond motifs is 1. The van der Waals surface area contributed by atoms with E-state index in [0.717, 1.165) is 44.7 Å². The number of carbonyl (C=O) groups is 1. The van der Waals surface area contributed by atoms with Crippen molar-refractivity contribution in [2.24, 2.45) is 0 Å². The SMILES string of the molecule is COc1ccc2cc(C(=O)O)c(NCCCN3CCOCC3)nc2c1. The van der Waals surface area contributed by atoms with Crippen molar-refractivity contribution in [3.63, 3.8) is 0 Å². The molecule has 1 aliphatic heterocycles. The van der Waals surface area contributed by atoms with Crippen LogP contribution < -0.4 is 10.1 Å². The number of hydrogen-bond donors (Lipinski definition) is 2. The van der Waals surface area contributed by atoms with Crippen LogP contribution in [0.3, 0.4) is 0 Å². The Morgan fingerprint density at radius 3 is 2.88 bits per heavy atom. The van der Waals surface area contributed by atoms with E-state index in [2.05, 4.69) is 15.2 Å². The molecule has 25 heavy (non-hydrogen) atoms. The molecule has 2 N–H and O–H groups in total. The monoisotopic (exact) mass is 345 g/mol. The predicted octanol–water partition coefficient (Wildman–Crippen LogP) is 2.08. The average Bonchev–Trinajstić information content (AvgIpc) is 2.64. The highest BCUT2D eigenvalue weighted by molar-refractivity contribution is 5.98. The second-order valence-corrected chi connectivity index (χ2v) is 5.98. The first-order valence-corrected chi connectivity index (χ1v) is 8.43. The number of hydrogen-bond acceptors (Lipinski definition) is 6. The van der Waals surface area contributed by atoms with Gasteiger partial charge in [0.15, 0.2) is 0 Å². The maximum atomic E-state index is 11.5. The van der Waals surface area contributed by atoms with Gasteiger partial charge in [-0.15, -0.1) is 0 Å². The molecule has 0 aliphatic carbocycles. The number of aromatic carboxylic acids is 1. The summed E-state index contributed by atoms with van der Waals surface area (Å²) in [5, 5.41) is 13.4. The quantitative estimate of drug-likeness (QED) is 0.743. The molecule has 1 fully saturated rings. The van der Waals surface area contributed by atoms with Crippen molar-refractivity contribution in [3.8, 4) is 5.75 Å². The zero-order chi connectivity index (χ0) is 17.6. The second kappa shape index (κ2) is 8.13. The minimum Gasteiger partial charge on any atom is -0.497 e. The maximum absolute atomic E-state index is 11.5. The van der Waals surface area contributed by atoms with Gasteiger partial charge in [0.1, 0.15) is 17.1 Å². The van der Waals surface area contributed by atoms with Crippen LogP contribution in [0.5, 0.6) is 5.75 Å². The van der Waals surface area contributed by atoms with Crippen molar-refractivity contribution in [1.29, 1.82) is 0 Å². The molecule has 0 saturated carbocycles. The Hall–Kier alpha value is -2.38. The molecule has 2 aromatic rings. The number of carboxylic acid groups (broad SMARTS) is 1. The molecule has 0 spiro atoms. The number of anilines is 1. The molecule has 0 atom stereocenters. The van der Waals surface area contributed by atoms with E-state index in [1.54, 1.807) is 25.3 Å². The first-order chi connectivity index (χ1) is 12.2. The van der Waals surface area contributed by atoms with Gasteiger partial charge in [-0.25, -0.2) is 9.78 Å². The number of nitrogens with zero attached hydrogens (tertiary/aromatic N) is 2. The van der Waals surface area contributed by atoms with E-state index in [1.165, 1.54) is 0 Å². The number of morpholine rings is 1. The van der Waals surface area contributed by atoms with Crippen LogP contribution >= 0.6 is 0 Å².